The molecule has 0 aromatic carbocycles. The number of pyridine rings is 1. The first kappa shape index (κ1) is 11.5. The van der Waals surface area contributed by atoms with E-state index in [1.54, 1.807) is 12.4 Å². The van der Waals surface area contributed by atoms with Gasteiger partial charge in [0, 0.05) is 12.4 Å². The minimum Gasteiger partial charge on any atom is -0.271 e. The minimum absolute atomic E-state index is 0.0409. The van der Waals surface area contributed by atoms with Crippen LogP contribution in [0.4, 0.5) is 0 Å². The average Bonchev–Trinajstić information content (AvgIpc) is 2.62. The van der Waals surface area contributed by atoms with Crippen molar-refractivity contribution in [3.8, 4) is 0 Å². The number of nitrogens with zero attached hydrogens (tertiary/aromatic N) is 1. The molecule has 88 valence electrons. The zero-order valence-corrected chi connectivity index (χ0v) is 9.65. The molecular formula is C10H15N3O2S. The van der Waals surface area contributed by atoms with Gasteiger partial charge >= 0.3 is 0 Å². The summed E-state index contributed by atoms with van der Waals surface area (Å²) in [7, 11) is -2.87. The fourth-order valence-corrected chi connectivity index (χ4v) is 3.99. The molecule has 16 heavy (non-hydrogen) atoms. The molecule has 1 aliphatic heterocycles. The Labute approximate surface area is 95.0 Å². The summed E-state index contributed by atoms with van der Waals surface area (Å²) in [5.74, 6) is 6.01. The van der Waals surface area contributed by atoms with Crippen molar-refractivity contribution < 1.29 is 8.42 Å². The smallest absolute Gasteiger partial charge is 0.150 e. The highest BCUT2D eigenvalue weighted by Gasteiger charge is 2.33. The fourth-order valence-electron chi connectivity index (χ4n) is 2.15. The normalized spacial score (nSPS) is 25.4. The second-order valence-electron chi connectivity index (χ2n) is 4.09. The van der Waals surface area contributed by atoms with Crippen LogP contribution in [0, 0.1) is 5.92 Å². The summed E-state index contributed by atoms with van der Waals surface area (Å²) in [4.78, 5) is 4.02. The Balaban J connectivity index is 2.19. The first-order valence-corrected chi connectivity index (χ1v) is 7.01. The van der Waals surface area contributed by atoms with E-state index in [0.29, 0.717) is 6.42 Å². The Morgan fingerprint density at radius 2 is 2.38 bits per heavy atom. The number of rotatable bonds is 3. The van der Waals surface area contributed by atoms with E-state index in [9.17, 15) is 8.42 Å². The Bertz CT molecular complexity index is 446. The van der Waals surface area contributed by atoms with Gasteiger partial charge in [0.05, 0.1) is 17.5 Å². The van der Waals surface area contributed by atoms with Crippen LogP contribution in [0.1, 0.15) is 18.0 Å². The molecule has 0 spiro atoms. The van der Waals surface area contributed by atoms with Gasteiger partial charge in [-0.2, -0.15) is 0 Å². The maximum atomic E-state index is 11.4. The van der Waals surface area contributed by atoms with Crippen LogP contribution in [-0.2, 0) is 9.84 Å². The molecule has 2 unspecified atom stereocenters. The molecule has 1 fully saturated rings. The Hall–Kier alpha value is -0.980. The molecule has 1 aromatic heterocycles. The monoisotopic (exact) mass is 241 g/mol. The lowest BCUT2D eigenvalue weighted by Crippen LogP contribution is -2.34. The van der Waals surface area contributed by atoms with Crippen molar-refractivity contribution in [3.63, 3.8) is 0 Å². The Kier molecular flexibility index (Phi) is 3.22. The molecule has 0 bridgehead atoms. The van der Waals surface area contributed by atoms with Crippen molar-refractivity contribution in [1.29, 1.82) is 0 Å². The van der Waals surface area contributed by atoms with E-state index in [2.05, 4.69) is 10.4 Å². The summed E-state index contributed by atoms with van der Waals surface area (Å²) >= 11 is 0. The van der Waals surface area contributed by atoms with Crippen molar-refractivity contribution in [3.05, 3.63) is 30.1 Å². The highest BCUT2D eigenvalue weighted by Crippen LogP contribution is 2.30. The second kappa shape index (κ2) is 4.48. The first-order valence-electron chi connectivity index (χ1n) is 5.19. The van der Waals surface area contributed by atoms with Crippen LogP contribution < -0.4 is 11.3 Å². The summed E-state index contributed by atoms with van der Waals surface area (Å²) < 4.78 is 22.8. The lowest BCUT2D eigenvalue weighted by Gasteiger charge is -2.21. The van der Waals surface area contributed by atoms with Crippen molar-refractivity contribution in [2.24, 2.45) is 11.8 Å². The predicted octanol–water partition coefficient (Wildman–Crippen LogP) is 0.0207. The number of nitrogens with two attached hydrogens (primary N) is 1. The minimum atomic E-state index is -2.87. The summed E-state index contributed by atoms with van der Waals surface area (Å²) in [5.41, 5.74) is 3.63. The van der Waals surface area contributed by atoms with E-state index in [1.807, 2.05) is 12.1 Å². The molecule has 1 saturated heterocycles. The van der Waals surface area contributed by atoms with Crippen molar-refractivity contribution in [2.75, 3.05) is 11.5 Å². The molecule has 3 N–H and O–H groups in total. The molecule has 0 amide bonds. The molecule has 2 atom stereocenters. The number of nitrogens with one attached hydrogen (secondary N) is 1. The van der Waals surface area contributed by atoms with Crippen LogP contribution in [0.3, 0.4) is 0 Å². The zero-order chi connectivity index (χ0) is 11.6. The molecule has 5 nitrogen and oxygen atoms in total. The summed E-state index contributed by atoms with van der Waals surface area (Å²) in [6.07, 6.45) is 4.06. The Morgan fingerprint density at radius 3 is 2.88 bits per heavy atom. The molecule has 1 aromatic rings. The molecule has 2 rings (SSSR count). The van der Waals surface area contributed by atoms with Crippen LogP contribution in [0.2, 0.25) is 0 Å². The van der Waals surface area contributed by atoms with Gasteiger partial charge in [-0.3, -0.25) is 16.3 Å². The molecule has 0 radical (unpaired) electrons. The quantitative estimate of drug-likeness (QED) is 0.575. The summed E-state index contributed by atoms with van der Waals surface area (Å²) in [5, 5.41) is 0. The summed E-state index contributed by atoms with van der Waals surface area (Å²) in [6, 6.07) is 3.59. The van der Waals surface area contributed by atoms with Gasteiger partial charge in [0.2, 0.25) is 0 Å². The second-order valence-corrected chi connectivity index (χ2v) is 6.32. The van der Waals surface area contributed by atoms with Crippen LogP contribution in [0.5, 0.6) is 0 Å². The lowest BCUT2D eigenvalue weighted by atomic mass is 9.94. The van der Waals surface area contributed by atoms with Gasteiger partial charge in [0.15, 0.2) is 9.84 Å². The van der Waals surface area contributed by atoms with Gasteiger partial charge in [-0.25, -0.2) is 8.42 Å². The van der Waals surface area contributed by atoms with Gasteiger partial charge in [-0.05, 0) is 24.0 Å². The SMILES string of the molecule is NNC(c1cccnc1)C1CCS(=O)(=O)C1. The molecule has 6 heteroatoms. The zero-order valence-electron chi connectivity index (χ0n) is 8.83. The largest absolute Gasteiger partial charge is 0.271 e. The van der Waals surface area contributed by atoms with Gasteiger partial charge in [0.1, 0.15) is 0 Å². The van der Waals surface area contributed by atoms with Gasteiger partial charge in [0.25, 0.3) is 0 Å². The number of hydrazine groups is 1. The maximum absolute atomic E-state index is 11.4. The van der Waals surface area contributed by atoms with Crippen molar-refractivity contribution in [2.45, 2.75) is 12.5 Å². The van der Waals surface area contributed by atoms with Crippen molar-refractivity contribution >= 4 is 9.84 Å². The van der Waals surface area contributed by atoms with Gasteiger partial charge < -0.3 is 0 Å². The number of hydrogen-bond donors (Lipinski definition) is 2. The first-order chi connectivity index (χ1) is 7.62. The third-order valence-electron chi connectivity index (χ3n) is 2.96. The number of aromatic nitrogens is 1. The van der Waals surface area contributed by atoms with Crippen molar-refractivity contribution in [1.82, 2.24) is 10.4 Å². The fraction of sp³-hybridized carbons (Fsp3) is 0.500. The summed E-state index contributed by atoms with van der Waals surface area (Å²) in [6.45, 7) is 0. The molecule has 2 heterocycles. The lowest BCUT2D eigenvalue weighted by molar-refractivity contribution is 0.398. The van der Waals surface area contributed by atoms with E-state index in [4.69, 9.17) is 5.84 Å². The van der Waals surface area contributed by atoms with E-state index < -0.39 is 9.84 Å². The van der Waals surface area contributed by atoms with Gasteiger partial charge in [-0.15, -0.1) is 0 Å². The van der Waals surface area contributed by atoms with E-state index >= 15 is 0 Å². The third-order valence-corrected chi connectivity index (χ3v) is 4.76. The average molecular weight is 241 g/mol. The molecule has 0 aliphatic carbocycles. The van der Waals surface area contributed by atoms with Gasteiger partial charge in [-0.1, -0.05) is 6.07 Å². The third kappa shape index (κ3) is 2.40. The van der Waals surface area contributed by atoms with Crippen LogP contribution in [0.15, 0.2) is 24.5 Å². The predicted molar refractivity (Wildman–Crippen MR) is 61.1 cm³/mol. The highest BCUT2D eigenvalue weighted by molar-refractivity contribution is 7.91. The Morgan fingerprint density at radius 1 is 1.56 bits per heavy atom. The maximum Gasteiger partial charge on any atom is 0.150 e. The van der Waals surface area contributed by atoms with E-state index in [0.717, 1.165) is 5.56 Å². The molecular weight excluding hydrogens is 226 g/mol. The number of hydrogen-bond acceptors (Lipinski definition) is 5. The van der Waals surface area contributed by atoms with Crippen LogP contribution in [-0.4, -0.2) is 24.9 Å². The topological polar surface area (TPSA) is 85.1 Å². The number of sulfone groups is 1. The highest BCUT2D eigenvalue weighted by atomic mass is 32.2. The molecule has 1 aliphatic rings. The van der Waals surface area contributed by atoms with E-state index in [1.165, 1.54) is 0 Å². The van der Waals surface area contributed by atoms with Crippen LogP contribution in [0.25, 0.3) is 0 Å². The van der Waals surface area contributed by atoms with E-state index in [-0.39, 0.29) is 23.5 Å². The van der Waals surface area contributed by atoms with Crippen LogP contribution >= 0.6 is 0 Å². The molecule has 0 saturated carbocycles. The standard InChI is InChI=1S/C10H15N3O2S/c11-13-10(8-2-1-4-12-6-8)9-3-5-16(14,15)7-9/h1-2,4,6,9-10,13H,3,5,7,11H2.